The zero-order valence-corrected chi connectivity index (χ0v) is 29.3. The van der Waals surface area contributed by atoms with Crippen molar-refractivity contribution in [2.45, 2.75) is 108 Å². The van der Waals surface area contributed by atoms with E-state index in [4.69, 9.17) is 4.42 Å². The second-order valence-electron chi connectivity index (χ2n) is 14.9. The van der Waals surface area contributed by atoms with Crippen molar-refractivity contribution in [2.75, 3.05) is 19.3 Å². The number of aliphatic hydroxyl groups is 1. The minimum Gasteiger partial charge on any atom is -0.472 e. The molecule has 3 amide bonds. The Hall–Kier alpha value is -3.22. The largest absolute Gasteiger partial charge is 0.472 e. The van der Waals surface area contributed by atoms with Gasteiger partial charge in [-0.25, -0.2) is 8.42 Å². The predicted molar refractivity (Wildman–Crippen MR) is 180 cm³/mol. The third kappa shape index (κ3) is 9.45. The highest BCUT2D eigenvalue weighted by molar-refractivity contribution is 7.92. The van der Waals surface area contributed by atoms with Gasteiger partial charge in [-0.05, 0) is 77.3 Å². The molecule has 1 aromatic carbocycles. The van der Waals surface area contributed by atoms with Gasteiger partial charge in [0.05, 0.1) is 34.8 Å². The van der Waals surface area contributed by atoms with Gasteiger partial charge in [0.15, 0.2) is 9.84 Å². The van der Waals surface area contributed by atoms with E-state index in [9.17, 15) is 27.9 Å². The van der Waals surface area contributed by atoms with Gasteiger partial charge in [0.2, 0.25) is 11.8 Å². The maximum Gasteiger partial charge on any atom is 0.255 e. The third-order valence-electron chi connectivity index (χ3n) is 9.79. The van der Waals surface area contributed by atoms with Crippen molar-refractivity contribution < 1.29 is 32.3 Å². The zero-order valence-electron chi connectivity index (χ0n) is 28.5. The lowest BCUT2D eigenvalue weighted by atomic mass is 9.72. The van der Waals surface area contributed by atoms with Gasteiger partial charge in [-0.15, -0.1) is 0 Å². The van der Waals surface area contributed by atoms with E-state index in [2.05, 4.69) is 20.9 Å². The van der Waals surface area contributed by atoms with Crippen molar-refractivity contribution in [3.05, 3.63) is 60.1 Å². The zero-order chi connectivity index (χ0) is 34.6. The van der Waals surface area contributed by atoms with Gasteiger partial charge in [-0.3, -0.25) is 19.3 Å². The summed E-state index contributed by atoms with van der Waals surface area (Å²) in [4.78, 5) is 42.8. The number of rotatable bonds is 12. The molecule has 2 aromatic rings. The van der Waals surface area contributed by atoms with Crippen LogP contribution in [0, 0.1) is 11.8 Å². The molecular weight excluding hydrogens is 620 g/mol. The van der Waals surface area contributed by atoms with Gasteiger partial charge in [-0.2, -0.15) is 0 Å². The standard InChI is InChI=1S/C35H52N4O7S/c1-34(2,3)38-32(42)28-19-24-14-10-11-15-25(24)20-39(28)21-29(40)27(18-23-12-8-7-9-13-23)36-33(43)30(35(4,5)47(6,44)45)37-31(41)26-16-17-46-22-26/h7-9,12-13,16-17,22,24-25,27-30,40H,10-11,14-15,18-21H2,1-6H3,(H,36,43)(H,37,41)(H,38,42)/t24-,25+,27-,28-,29+,30+/m0/s1. The minimum absolute atomic E-state index is 0.0747. The minimum atomic E-state index is -3.86. The molecule has 4 rings (SSSR count). The first-order valence-electron chi connectivity index (χ1n) is 16.6. The number of sulfone groups is 1. The average molecular weight is 673 g/mol. The van der Waals surface area contributed by atoms with E-state index in [1.165, 1.54) is 32.4 Å². The van der Waals surface area contributed by atoms with E-state index < -0.39 is 56.2 Å². The fraction of sp³-hybridized carbons (Fsp3) is 0.629. The lowest BCUT2D eigenvalue weighted by Gasteiger charge is -2.47. The van der Waals surface area contributed by atoms with Crippen molar-refractivity contribution in [1.29, 1.82) is 0 Å². The van der Waals surface area contributed by atoms with Gasteiger partial charge in [0.1, 0.15) is 12.3 Å². The summed E-state index contributed by atoms with van der Waals surface area (Å²) in [6, 6.07) is 8.01. The van der Waals surface area contributed by atoms with Crippen molar-refractivity contribution in [3.8, 4) is 0 Å². The number of likely N-dealkylation sites (tertiary alicyclic amines) is 1. The number of benzene rings is 1. The number of nitrogens with zero attached hydrogens (tertiary/aromatic N) is 1. The van der Waals surface area contributed by atoms with Crippen LogP contribution in [0.5, 0.6) is 0 Å². The summed E-state index contributed by atoms with van der Waals surface area (Å²) < 4.78 is 29.1. The first-order valence-corrected chi connectivity index (χ1v) is 18.5. The first-order chi connectivity index (χ1) is 22.0. The molecule has 2 aliphatic rings. The Balaban J connectivity index is 1.62. The van der Waals surface area contributed by atoms with Gasteiger partial charge in [0, 0.05) is 24.9 Å². The smallest absolute Gasteiger partial charge is 0.255 e. The average Bonchev–Trinajstić information content (AvgIpc) is 3.53. The number of carbonyl (C=O) groups is 3. The van der Waals surface area contributed by atoms with Crippen LogP contribution >= 0.6 is 0 Å². The number of hydrogen-bond acceptors (Lipinski definition) is 8. The van der Waals surface area contributed by atoms with Crippen LogP contribution in [0.2, 0.25) is 0 Å². The summed E-state index contributed by atoms with van der Waals surface area (Å²) in [5.41, 5.74) is 0.571. The Kier molecular flexibility index (Phi) is 11.6. The third-order valence-corrected chi connectivity index (χ3v) is 11.9. The molecule has 1 aliphatic heterocycles. The molecule has 12 heteroatoms. The fourth-order valence-corrected chi connectivity index (χ4v) is 7.38. The molecule has 1 aliphatic carbocycles. The highest BCUT2D eigenvalue weighted by Gasteiger charge is 2.46. The number of aliphatic hydroxyl groups excluding tert-OH is 1. The van der Waals surface area contributed by atoms with Crippen LogP contribution in [-0.2, 0) is 25.8 Å². The van der Waals surface area contributed by atoms with Crippen molar-refractivity contribution in [1.82, 2.24) is 20.9 Å². The summed E-state index contributed by atoms with van der Waals surface area (Å²) in [6.45, 7) is 9.41. The normalized spacial score (nSPS) is 22.7. The SMILES string of the molecule is CC(C)(C)NC(=O)[C@@H]1C[C@@H]2CCCC[C@@H]2CN1C[C@@H](O)[C@H](Cc1ccccc1)NC(=O)[C@@H](NC(=O)c1ccoc1)C(C)(C)S(C)(=O)=O. The molecule has 11 nitrogen and oxygen atoms in total. The summed E-state index contributed by atoms with van der Waals surface area (Å²) in [5, 5.41) is 20.5. The Morgan fingerprint density at radius 1 is 1.00 bits per heavy atom. The molecule has 1 saturated carbocycles. The van der Waals surface area contributed by atoms with Gasteiger partial charge >= 0.3 is 0 Å². The predicted octanol–water partition coefficient (Wildman–Crippen LogP) is 3.09. The Bertz CT molecular complexity index is 1470. The number of carbonyl (C=O) groups excluding carboxylic acids is 3. The summed E-state index contributed by atoms with van der Waals surface area (Å²) in [5.74, 6) is -0.612. The van der Waals surface area contributed by atoms with Crippen LogP contribution in [0.4, 0.5) is 0 Å². The van der Waals surface area contributed by atoms with Crippen LogP contribution in [0.25, 0.3) is 0 Å². The number of piperidine rings is 1. The summed E-state index contributed by atoms with van der Waals surface area (Å²) >= 11 is 0. The molecule has 0 radical (unpaired) electrons. The number of furan rings is 1. The molecule has 4 N–H and O–H groups in total. The van der Waals surface area contributed by atoms with E-state index in [0.717, 1.165) is 37.5 Å². The second-order valence-corrected chi connectivity index (χ2v) is 17.5. The summed E-state index contributed by atoms with van der Waals surface area (Å²) in [6.07, 6.45) is 7.85. The van der Waals surface area contributed by atoms with E-state index >= 15 is 0 Å². The van der Waals surface area contributed by atoms with Crippen LogP contribution in [-0.4, -0.2) is 90.0 Å². The van der Waals surface area contributed by atoms with E-state index in [0.29, 0.717) is 24.8 Å². The molecule has 6 atom stereocenters. The lowest BCUT2D eigenvalue weighted by Crippen LogP contribution is -2.64. The maximum absolute atomic E-state index is 14.1. The van der Waals surface area contributed by atoms with Gasteiger partial charge in [0.25, 0.3) is 5.91 Å². The van der Waals surface area contributed by atoms with Crippen molar-refractivity contribution in [2.24, 2.45) is 11.8 Å². The molecule has 0 unspecified atom stereocenters. The monoisotopic (exact) mass is 672 g/mol. The Morgan fingerprint density at radius 3 is 2.26 bits per heavy atom. The second kappa shape index (κ2) is 14.9. The number of amides is 3. The van der Waals surface area contributed by atoms with Crippen molar-refractivity contribution in [3.63, 3.8) is 0 Å². The van der Waals surface area contributed by atoms with Gasteiger partial charge < -0.3 is 25.5 Å². The molecular formula is C35H52N4O7S. The van der Waals surface area contributed by atoms with E-state index in [1.54, 1.807) is 0 Å². The Morgan fingerprint density at radius 2 is 1.66 bits per heavy atom. The van der Waals surface area contributed by atoms with E-state index in [-0.39, 0.29) is 24.4 Å². The number of fused-ring (bicyclic) bond motifs is 1. The molecule has 1 saturated heterocycles. The number of nitrogens with one attached hydrogen (secondary N) is 3. The maximum atomic E-state index is 14.1. The van der Waals surface area contributed by atoms with Crippen LogP contribution in [0.1, 0.15) is 82.6 Å². The lowest BCUT2D eigenvalue weighted by molar-refractivity contribution is -0.133. The van der Waals surface area contributed by atoms with E-state index in [1.807, 2.05) is 51.1 Å². The molecule has 1 aromatic heterocycles. The quantitative estimate of drug-likeness (QED) is 0.268. The van der Waals surface area contributed by atoms with Crippen LogP contribution in [0.15, 0.2) is 53.3 Å². The first kappa shape index (κ1) is 36.6. The molecule has 2 heterocycles. The van der Waals surface area contributed by atoms with Crippen LogP contribution < -0.4 is 16.0 Å². The van der Waals surface area contributed by atoms with Crippen molar-refractivity contribution >= 4 is 27.6 Å². The number of hydrogen-bond donors (Lipinski definition) is 4. The highest BCUT2D eigenvalue weighted by Crippen LogP contribution is 2.39. The Labute approximate surface area is 279 Å². The molecule has 0 bridgehead atoms. The highest BCUT2D eigenvalue weighted by atomic mass is 32.2. The molecule has 47 heavy (non-hydrogen) atoms. The van der Waals surface area contributed by atoms with Gasteiger partial charge in [-0.1, -0.05) is 49.6 Å². The van der Waals surface area contributed by atoms with Crippen LogP contribution in [0.3, 0.4) is 0 Å². The number of β-amino-alcohol motifs (C(OH)–C–C–N with tert-alkyl or cyclic N) is 1. The summed E-state index contributed by atoms with van der Waals surface area (Å²) in [7, 11) is -3.86. The fourth-order valence-electron chi connectivity index (χ4n) is 6.79. The topological polar surface area (TPSA) is 158 Å². The molecule has 2 fully saturated rings. The molecule has 0 spiro atoms. The molecule has 260 valence electrons.